The fourth-order valence-corrected chi connectivity index (χ4v) is 1.82. The Labute approximate surface area is 91.5 Å². The molecule has 0 saturated carbocycles. The van der Waals surface area contributed by atoms with Gasteiger partial charge in [-0.25, -0.2) is 9.13 Å². The molecule has 1 unspecified atom stereocenters. The molecular weight excluding hydrogens is 215 g/mol. The molecule has 0 aromatic rings. The molecule has 0 aromatic heterocycles. The van der Waals surface area contributed by atoms with Crippen molar-refractivity contribution in [1.82, 2.24) is 0 Å². The fourth-order valence-electron chi connectivity index (χ4n) is 1.43. The molecule has 0 spiro atoms. The maximum atomic E-state index is 10.3. The molecule has 0 saturated heterocycles. The van der Waals surface area contributed by atoms with Crippen molar-refractivity contribution in [3.8, 4) is 0 Å². The number of aliphatic hydroxyl groups excluding tert-OH is 2. The molecule has 1 atom stereocenters. The Balaban J connectivity index is 3.11. The molecule has 0 aliphatic carbocycles. The van der Waals surface area contributed by atoms with E-state index in [0.29, 0.717) is 6.42 Å². The van der Waals surface area contributed by atoms with Gasteiger partial charge in [-0.15, -0.1) is 0 Å². The summed E-state index contributed by atoms with van der Waals surface area (Å²) < 4.78 is 20.6. The fraction of sp³-hybridized carbons (Fsp3) is 1.00. The SMILES string of the molecule is O=P(=O)C(O)CCCCCCCCCO. The van der Waals surface area contributed by atoms with E-state index in [9.17, 15) is 9.13 Å². The lowest BCUT2D eigenvalue weighted by Crippen LogP contribution is -1.96. The first-order valence-corrected chi connectivity index (χ1v) is 6.85. The van der Waals surface area contributed by atoms with Crippen LogP contribution < -0.4 is 0 Å². The third-order valence-electron chi connectivity index (χ3n) is 2.36. The van der Waals surface area contributed by atoms with Gasteiger partial charge >= 0.3 is 7.68 Å². The first kappa shape index (κ1) is 14.8. The zero-order chi connectivity index (χ0) is 11.5. The summed E-state index contributed by atoms with van der Waals surface area (Å²) in [6.07, 6.45) is 7.35. The minimum Gasteiger partial charge on any atom is -0.396 e. The lowest BCUT2D eigenvalue weighted by atomic mass is 10.1. The van der Waals surface area contributed by atoms with Gasteiger partial charge in [0, 0.05) is 6.61 Å². The van der Waals surface area contributed by atoms with E-state index in [1.807, 2.05) is 0 Å². The number of rotatable bonds is 10. The summed E-state index contributed by atoms with van der Waals surface area (Å²) in [5.74, 6) is -1.16. The van der Waals surface area contributed by atoms with Gasteiger partial charge < -0.3 is 10.2 Å². The third kappa shape index (κ3) is 10.1. The standard InChI is InChI=1S/C10H21O4P/c11-9-7-5-3-1-2-4-6-8-10(12)15(13)14/h10-12H,1-9H2. The van der Waals surface area contributed by atoms with Crippen molar-refractivity contribution in [1.29, 1.82) is 0 Å². The van der Waals surface area contributed by atoms with Crippen LogP contribution in [0, 0.1) is 0 Å². The van der Waals surface area contributed by atoms with Crippen LogP contribution in [-0.4, -0.2) is 22.7 Å². The molecule has 4 nitrogen and oxygen atoms in total. The van der Waals surface area contributed by atoms with Crippen molar-refractivity contribution in [2.45, 2.75) is 57.2 Å². The molecule has 0 bridgehead atoms. The van der Waals surface area contributed by atoms with Crippen LogP contribution in [0.4, 0.5) is 0 Å². The second-order valence-corrected chi connectivity index (χ2v) is 4.92. The normalized spacial score (nSPS) is 12.7. The second kappa shape index (κ2) is 10.3. The van der Waals surface area contributed by atoms with Gasteiger partial charge in [0.05, 0.1) is 0 Å². The predicted octanol–water partition coefficient (Wildman–Crippen LogP) is 2.59. The number of unbranched alkanes of at least 4 members (excludes halogenated alkanes) is 6. The van der Waals surface area contributed by atoms with Crippen LogP contribution in [0.15, 0.2) is 0 Å². The quantitative estimate of drug-likeness (QED) is 0.451. The molecule has 0 heterocycles. The monoisotopic (exact) mass is 236 g/mol. The van der Waals surface area contributed by atoms with Crippen molar-refractivity contribution in [3.05, 3.63) is 0 Å². The molecule has 0 aromatic carbocycles. The van der Waals surface area contributed by atoms with Crippen LogP contribution in [-0.2, 0) is 9.13 Å². The first-order valence-electron chi connectivity index (χ1n) is 5.61. The van der Waals surface area contributed by atoms with Gasteiger partial charge in [0.25, 0.3) is 0 Å². The van der Waals surface area contributed by atoms with Crippen LogP contribution >= 0.6 is 7.68 Å². The van der Waals surface area contributed by atoms with Crippen molar-refractivity contribution >= 4 is 7.68 Å². The zero-order valence-corrected chi connectivity index (χ0v) is 9.99. The summed E-state index contributed by atoms with van der Waals surface area (Å²) in [4.78, 5) is 0. The molecule has 15 heavy (non-hydrogen) atoms. The van der Waals surface area contributed by atoms with Crippen LogP contribution in [0.1, 0.15) is 51.4 Å². The van der Waals surface area contributed by atoms with Crippen molar-refractivity contribution in [2.24, 2.45) is 0 Å². The molecule has 0 amide bonds. The topological polar surface area (TPSA) is 74.6 Å². The number of hydrogen-bond donors (Lipinski definition) is 2. The van der Waals surface area contributed by atoms with Crippen molar-refractivity contribution < 1.29 is 19.3 Å². The molecule has 5 heteroatoms. The van der Waals surface area contributed by atoms with E-state index >= 15 is 0 Å². The van der Waals surface area contributed by atoms with Crippen molar-refractivity contribution in [3.63, 3.8) is 0 Å². The van der Waals surface area contributed by atoms with Crippen LogP contribution in [0.5, 0.6) is 0 Å². The average Bonchev–Trinajstić information content (AvgIpc) is 2.21. The highest BCUT2D eigenvalue weighted by Crippen LogP contribution is 2.18. The first-order chi connectivity index (χ1) is 7.18. The maximum absolute atomic E-state index is 10.3. The Kier molecular flexibility index (Phi) is 10.2. The van der Waals surface area contributed by atoms with Gasteiger partial charge in [0.2, 0.25) is 0 Å². The van der Waals surface area contributed by atoms with Gasteiger partial charge in [-0.2, -0.15) is 0 Å². The van der Waals surface area contributed by atoms with E-state index in [4.69, 9.17) is 10.2 Å². The Bertz CT molecular complexity index is 196. The molecule has 0 aliphatic rings. The van der Waals surface area contributed by atoms with Gasteiger partial charge in [0.15, 0.2) is 5.85 Å². The van der Waals surface area contributed by atoms with Crippen molar-refractivity contribution in [2.75, 3.05) is 6.61 Å². The van der Waals surface area contributed by atoms with Gasteiger partial charge in [-0.3, -0.25) is 0 Å². The van der Waals surface area contributed by atoms with E-state index in [-0.39, 0.29) is 6.61 Å². The summed E-state index contributed by atoms with van der Waals surface area (Å²) in [5.41, 5.74) is 0. The van der Waals surface area contributed by atoms with Crippen LogP contribution in [0.3, 0.4) is 0 Å². The van der Waals surface area contributed by atoms with E-state index in [2.05, 4.69) is 0 Å². The molecule has 0 aliphatic heterocycles. The van der Waals surface area contributed by atoms with Crippen LogP contribution in [0.25, 0.3) is 0 Å². The maximum Gasteiger partial charge on any atom is 0.344 e. The molecular formula is C10H21O4P. The highest BCUT2D eigenvalue weighted by atomic mass is 31.1. The Morgan fingerprint density at radius 1 is 0.867 bits per heavy atom. The largest absolute Gasteiger partial charge is 0.396 e. The van der Waals surface area contributed by atoms with E-state index in [0.717, 1.165) is 44.9 Å². The van der Waals surface area contributed by atoms with Gasteiger partial charge in [-0.05, 0) is 19.3 Å². The summed E-state index contributed by atoms with van der Waals surface area (Å²) in [5, 5.41) is 17.5. The van der Waals surface area contributed by atoms with E-state index < -0.39 is 13.5 Å². The Morgan fingerprint density at radius 3 is 1.80 bits per heavy atom. The highest BCUT2D eigenvalue weighted by Gasteiger charge is 2.08. The molecule has 0 fully saturated rings. The number of hydrogen-bond acceptors (Lipinski definition) is 4. The second-order valence-electron chi connectivity index (χ2n) is 3.75. The molecule has 2 N–H and O–H groups in total. The number of aliphatic hydroxyl groups is 2. The summed E-state index contributed by atoms with van der Waals surface area (Å²) in [6.45, 7) is 0.267. The minimum atomic E-state index is -2.67. The minimum absolute atomic E-state index is 0.267. The highest BCUT2D eigenvalue weighted by molar-refractivity contribution is 7.31. The Morgan fingerprint density at radius 2 is 1.33 bits per heavy atom. The lowest BCUT2D eigenvalue weighted by molar-refractivity contribution is 0.230. The molecule has 90 valence electrons. The lowest BCUT2D eigenvalue weighted by Gasteiger charge is -2.02. The zero-order valence-electron chi connectivity index (χ0n) is 9.10. The molecule has 0 rings (SSSR count). The van der Waals surface area contributed by atoms with Crippen LogP contribution in [0.2, 0.25) is 0 Å². The summed E-state index contributed by atoms with van der Waals surface area (Å²) in [7, 11) is -2.67. The Hall–Kier alpha value is -0.180. The van der Waals surface area contributed by atoms with E-state index in [1.165, 1.54) is 0 Å². The third-order valence-corrected chi connectivity index (χ3v) is 3.11. The summed E-state index contributed by atoms with van der Waals surface area (Å²) >= 11 is 0. The van der Waals surface area contributed by atoms with Gasteiger partial charge in [-0.1, -0.05) is 32.1 Å². The molecule has 0 radical (unpaired) electrons. The van der Waals surface area contributed by atoms with E-state index in [1.54, 1.807) is 0 Å². The predicted molar refractivity (Wildman–Crippen MR) is 58.3 cm³/mol. The smallest absolute Gasteiger partial charge is 0.344 e. The average molecular weight is 236 g/mol. The van der Waals surface area contributed by atoms with Gasteiger partial charge in [0.1, 0.15) is 0 Å². The summed E-state index contributed by atoms with van der Waals surface area (Å²) in [6, 6.07) is 0.